The summed E-state index contributed by atoms with van der Waals surface area (Å²) in [5.74, 6) is 0. The molecule has 3 aliphatic heterocycles. The average Bonchev–Trinajstić information content (AvgIpc) is 1.29. The quantitative estimate of drug-likeness (QED) is 0.163. The molecule has 0 saturated heterocycles. The average molecular weight is 1130 g/mol. The summed E-state index contributed by atoms with van der Waals surface area (Å²) in [7, 11) is 0. The van der Waals surface area contributed by atoms with Gasteiger partial charge in [0.15, 0.2) is 0 Å². The molecule has 3 aliphatic carbocycles. The number of hydrogen-bond acceptors (Lipinski definition) is 4. The summed E-state index contributed by atoms with van der Waals surface area (Å²) in [5, 5.41) is 1.41. The molecule has 2 atom stereocenters. The lowest BCUT2D eigenvalue weighted by Gasteiger charge is -2.51. The molecule has 0 N–H and O–H groups in total. The van der Waals surface area contributed by atoms with E-state index in [2.05, 4.69) is 285 Å². The Bertz CT molecular complexity index is 3980. The van der Waals surface area contributed by atoms with E-state index in [1.165, 1.54) is 125 Å². The first-order valence-electron chi connectivity index (χ1n) is 32.0. The fourth-order valence-electron chi connectivity index (χ4n) is 16.8. The third kappa shape index (κ3) is 8.36. The summed E-state index contributed by atoms with van der Waals surface area (Å²) in [6.45, 7) is 46.5. The molecule has 4 bridgehead atoms. The lowest BCUT2D eigenvalue weighted by molar-refractivity contribution is 0.208. The molecular formula is C79H92BN3S. The lowest BCUT2D eigenvalue weighted by Crippen LogP contribution is -2.61. The minimum atomic E-state index is -0.00736. The molecule has 2 unspecified atom stereocenters. The summed E-state index contributed by atoms with van der Waals surface area (Å²) in [6, 6.07) is 52.6. The Balaban J connectivity index is 1.16. The second-order valence-corrected chi connectivity index (χ2v) is 34.5. The van der Waals surface area contributed by atoms with Crippen molar-refractivity contribution in [1.29, 1.82) is 0 Å². The van der Waals surface area contributed by atoms with E-state index in [0.717, 1.165) is 29.9 Å². The summed E-state index contributed by atoms with van der Waals surface area (Å²) in [4.78, 5) is 8.09. The third-order valence-electron chi connectivity index (χ3n) is 22.4. The van der Waals surface area contributed by atoms with Crippen LogP contribution in [-0.2, 0) is 48.7 Å². The van der Waals surface area contributed by atoms with Gasteiger partial charge in [0.25, 0.3) is 6.71 Å². The second-order valence-electron chi connectivity index (χ2n) is 33.5. The van der Waals surface area contributed by atoms with Gasteiger partial charge in [0.05, 0.1) is 11.4 Å². The molecule has 0 fully saturated rings. The zero-order valence-corrected chi connectivity index (χ0v) is 55.2. The highest BCUT2D eigenvalue weighted by Gasteiger charge is 2.52. The summed E-state index contributed by atoms with van der Waals surface area (Å²) < 4.78 is 2.89. The van der Waals surface area contributed by atoms with E-state index in [1.54, 1.807) is 16.7 Å². The lowest BCUT2D eigenvalue weighted by atomic mass is 9.35. The van der Waals surface area contributed by atoms with Gasteiger partial charge in [0.2, 0.25) is 0 Å². The van der Waals surface area contributed by atoms with E-state index >= 15 is 0 Å². The van der Waals surface area contributed by atoms with Gasteiger partial charge in [-0.05, 0) is 234 Å². The van der Waals surface area contributed by atoms with Crippen LogP contribution >= 0.6 is 11.3 Å². The van der Waals surface area contributed by atoms with E-state index in [0.29, 0.717) is 0 Å². The molecule has 0 saturated carbocycles. The largest absolute Gasteiger partial charge is 0.311 e. The van der Waals surface area contributed by atoms with E-state index in [9.17, 15) is 0 Å². The Labute approximate surface area is 509 Å². The summed E-state index contributed by atoms with van der Waals surface area (Å²) in [5.41, 5.74) is 27.5. The van der Waals surface area contributed by atoms with Crippen LogP contribution in [0.5, 0.6) is 0 Å². The van der Waals surface area contributed by atoms with Crippen molar-refractivity contribution < 1.29 is 0 Å². The molecule has 5 heteroatoms. The number of fused-ring (bicyclic) bond motifs is 7. The zero-order chi connectivity index (χ0) is 59.6. The maximum Gasteiger partial charge on any atom is 0.264 e. The van der Waals surface area contributed by atoms with Gasteiger partial charge in [-0.2, -0.15) is 0 Å². The number of nitrogens with zero attached hydrogens (tertiary/aromatic N) is 3. The van der Waals surface area contributed by atoms with Gasteiger partial charge in [-0.1, -0.05) is 180 Å². The van der Waals surface area contributed by atoms with E-state index in [-0.39, 0.29) is 55.4 Å². The molecule has 1 aromatic heterocycles. The van der Waals surface area contributed by atoms with Gasteiger partial charge in [0, 0.05) is 54.7 Å². The molecule has 0 radical (unpaired) electrons. The first kappa shape index (κ1) is 55.8. The Morgan fingerprint density at radius 3 is 1.37 bits per heavy atom. The normalized spacial score (nSPS) is 22.1. The van der Waals surface area contributed by atoms with Crippen LogP contribution < -0.4 is 30.4 Å². The minimum Gasteiger partial charge on any atom is -0.311 e. The van der Waals surface area contributed by atoms with Crippen molar-refractivity contribution in [1.82, 2.24) is 0 Å². The zero-order valence-electron chi connectivity index (χ0n) is 54.4. The number of anilines is 9. The molecule has 0 amide bonds. The van der Waals surface area contributed by atoms with E-state index in [4.69, 9.17) is 0 Å². The van der Waals surface area contributed by atoms with Gasteiger partial charge < -0.3 is 14.7 Å². The molecule has 14 rings (SSSR count). The molecule has 8 aromatic rings. The fraction of sp³-hybridized carbons (Fsp3) is 0.443. The predicted molar refractivity (Wildman–Crippen MR) is 366 cm³/mol. The van der Waals surface area contributed by atoms with E-state index in [1.807, 2.05) is 0 Å². The third-order valence-corrected chi connectivity index (χ3v) is 23.6. The Hall–Kier alpha value is -6.04. The topological polar surface area (TPSA) is 9.72 Å². The van der Waals surface area contributed by atoms with Crippen molar-refractivity contribution >= 4 is 95.0 Å². The molecule has 0 spiro atoms. The van der Waals surface area contributed by atoms with E-state index < -0.39 is 0 Å². The molecule has 432 valence electrons. The molecule has 7 aromatic carbocycles. The molecule has 4 heterocycles. The van der Waals surface area contributed by atoms with Crippen LogP contribution in [0, 0.1) is 0 Å². The van der Waals surface area contributed by atoms with Gasteiger partial charge in [0.1, 0.15) is 0 Å². The SMILES string of the molecule is CC(C)(C)c1ccc(N(c2ccc(C(C)(C)C)cc2)c2cc3c4c(c2)N2c5ccc6c(c5)C(C)(CCC6(C)C)CC5(C)CCC(C)(C)c6cc7sc(c2c7cc65)B4c2cc4c(cc2N3c2ccc(C(C)(C)C)cc2)C(C)(C)CCC4(C)C)cc1. The van der Waals surface area contributed by atoms with Crippen LogP contribution in [0.15, 0.2) is 127 Å². The predicted octanol–water partition coefficient (Wildman–Crippen LogP) is 20.8. The van der Waals surface area contributed by atoms with Gasteiger partial charge >= 0.3 is 0 Å². The number of rotatable bonds is 4. The number of hydrogen-bond donors (Lipinski definition) is 0. The summed E-state index contributed by atoms with van der Waals surface area (Å²) in [6.07, 6.45) is 8.23. The molecular weight excluding hydrogens is 1030 g/mol. The van der Waals surface area contributed by atoms with Crippen LogP contribution in [0.25, 0.3) is 10.1 Å². The van der Waals surface area contributed by atoms with Crippen molar-refractivity contribution in [3.63, 3.8) is 0 Å². The maximum atomic E-state index is 2.80. The van der Waals surface area contributed by atoms with Crippen LogP contribution in [0.4, 0.5) is 51.2 Å². The maximum absolute atomic E-state index is 2.80. The Morgan fingerprint density at radius 1 is 0.405 bits per heavy atom. The highest BCUT2D eigenvalue weighted by Crippen LogP contribution is 2.60. The van der Waals surface area contributed by atoms with Crippen molar-refractivity contribution in [3.8, 4) is 0 Å². The monoisotopic (exact) mass is 1130 g/mol. The first-order valence-corrected chi connectivity index (χ1v) is 32.8. The number of benzene rings is 7. The van der Waals surface area contributed by atoms with Gasteiger partial charge in [-0.15, -0.1) is 11.3 Å². The Morgan fingerprint density at radius 2 is 0.845 bits per heavy atom. The minimum absolute atomic E-state index is 0.00657. The fourth-order valence-corrected chi connectivity index (χ4v) is 18.1. The van der Waals surface area contributed by atoms with Crippen molar-refractivity contribution in [2.75, 3.05) is 14.7 Å². The molecule has 6 aliphatic rings. The standard InChI is InChI=1S/C79H92BN3S/c1-71(2,3)48-20-26-51(27-21-48)81(52-28-22-49(23-29-52)72(4,5)6)55-41-65-68-66(42-55)83-54-32-33-57-61(40-54)78(18,38-36-74(57,10)11)47-79(19)39-37-77(16,17)60-46-67-56(43-62(60)79)69(83)70(84-67)80(68)63-44-58-59(76(14,15)35-34-75(58,12)13)45-64(63)82(65)53-30-24-50(25-31-53)73(7,8)9/h20-33,40-46H,34-39,47H2,1-19H3. The Kier molecular flexibility index (Phi) is 11.8. The molecule has 84 heavy (non-hydrogen) atoms. The van der Waals surface area contributed by atoms with Crippen LogP contribution in [0.3, 0.4) is 0 Å². The second kappa shape index (κ2) is 17.8. The molecule has 3 nitrogen and oxygen atoms in total. The first-order chi connectivity index (χ1) is 39.2. The van der Waals surface area contributed by atoms with Crippen LogP contribution in [0.2, 0.25) is 0 Å². The number of thiophene rings is 1. The smallest absolute Gasteiger partial charge is 0.264 e. The summed E-state index contributed by atoms with van der Waals surface area (Å²) >= 11 is 2.09. The highest BCUT2D eigenvalue weighted by atomic mass is 32.1. The highest BCUT2D eigenvalue weighted by molar-refractivity contribution is 7.33. The van der Waals surface area contributed by atoms with Crippen molar-refractivity contribution in [3.05, 3.63) is 177 Å². The van der Waals surface area contributed by atoms with Crippen LogP contribution in [0.1, 0.15) is 227 Å². The van der Waals surface area contributed by atoms with Crippen molar-refractivity contribution in [2.45, 2.75) is 225 Å². The van der Waals surface area contributed by atoms with Gasteiger partial charge in [-0.25, -0.2) is 0 Å². The van der Waals surface area contributed by atoms with Crippen molar-refractivity contribution in [2.24, 2.45) is 0 Å². The van der Waals surface area contributed by atoms with Gasteiger partial charge in [-0.3, -0.25) is 0 Å². The van der Waals surface area contributed by atoms with Crippen LogP contribution in [-0.4, -0.2) is 6.71 Å².